The second-order valence-electron chi connectivity index (χ2n) is 3.48. The monoisotopic (exact) mass is 234 g/mol. The molecule has 0 bridgehead atoms. The lowest BCUT2D eigenvalue weighted by molar-refractivity contribution is 0.0697. The molecule has 1 N–H and O–H groups in total. The fourth-order valence-corrected chi connectivity index (χ4v) is 1.55. The Morgan fingerprint density at radius 3 is 1.94 bits per heavy atom. The SMILES string of the molecule is O=C(O)c1ccc(-c2c(F)cccc2F)cc1. The van der Waals surface area contributed by atoms with Crippen LogP contribution < -0.4 is 0 Å². The zero-order chi connectivity index (χ0) is 12.4. The van der Waals surface area contributed by atoms with Gasteiger partial charge in [-0.05, 0) is 29.8 Å². The van der Waals surface area contributed by atoms with Crippen molar-refractivity contribution in [2.75, 3.05) is 0 Å². The van der Waals surface area contributed by atoms with Gasteiger partial charge in [-0.2, -0.15) is 0 Å². The van der Waals surface area contributed by atoms with Crippen molar-refractivity contribution < 1.29 is 18.7 Å². The molecule has 0 spiro atoms. The van der Waals surface area contributed by atoms with E-state index >= 15 is 0 Å². The molecule has 2 rings (SSSR count). The minimum Gasteiger partial charge on any atom is -0.478 e. The number of carbonyl (C=O) groups is 1. The molecule has 0 heterocycles. The lowest BCUT2D eigenvalue weighted by atomic mass is 10.0. The maximum absolute atomic E-state index is 13.4. The Morgan fingerprint density at radius 2 is 1.47 bits per heavy atom. The van der Waals surface area contributed by atoms with Gasteiger partial charge < -0.3 is 5.11 Å². The van der Waals surface area contributed by atoms with E-state index in [1.165, 1.54) is 30.3 Å². The first-order chi connectivity index (χ1) is 8.09. The maximum Gasteiger partial charge on any atom is 0.335 e. The van der Waals surface area contributed by atoms with Crippen molar-refractivity contribution in [3.05, 3.63) is 59.7 Å². The minimum absolute atomic E-state index is 0.0745. The maximum atomic E-state index is 13.4. The molecule has 0 saturated heterocycles. The summed E-state index contributed by atoms with van der Waals surface area (Å²) in [4.78, 5) is 10.6. The molecule has 0 aliphatic heterocycles. The van der Waals surface area contributed by atoms with Crippen LogP contribution in [-0.4, -0.2) is 11.1 Å². The number of benzene rings is 2. The summed E-state index contributed by atoms with van der Waals surface area (Å²) in [5.74, 6) is -2.42. The molecule has 4 heteroatoms. The zero-order valence-electron chi connectivity index (χ0n) is 8.65. The van der Waals surface area contributed by atoms with E-state index in [1.807, 2.05) is 0 Å². The van der Waals surface area contributed by atoms with Crippen LogP contribution in [0.2, 0.25) is 0 Å². The molecule has 0 amide bonds. The molecule has 2 nitrogen and oxygen atoms in total. The highest BCUT2D eigenvalue weighted by Crippen LogP contribution is 2.25. The predicted molar refractivity (Wildman–Crippen MR) is 58.8 cm³/mol. The van der Waals surface area contributed by atoms with Crippen molar-refractivity contribution in [2.24, 2.45) is 0 Å². The van der Waals surface area contributed by atoms with Crippen molar-refractivity contribution >= 4 is 5.97 Å². The van der Waals surface area contributed by atoms with Gasteiger partial charge >= 0.3 is 5.97 Å². The Bertz CT molecular complexity index is 542. The van der Waals surface area contributed by atoms with Crippen molar-refractivity contribution in [3.8, 4) is 11.1 Å². The third kappa shape index (κ3) is 2.15. The van der Waals surface area contributed by atoms with Crippen molar-refractivity contribution in [3.63, 3.8) is 0 Å². The highest BCUT2D eigenvalue weighted by molar-refractivity contribution is 5.88. The Kier molecular flexibility index (Phi) is 2.87. The molecule has 0 atom stereocenters. The number of hydrogen-bond acceptors (Lipinski definition) is 1. The number of carboxylic acid groups (broad SMARTS) is 1. The minimum atomic E-state index is -1.08. The first-order valence-electron chi connectivity index (χ1n) is 4.87. The second kappa shape index (κ2) is 4.33. The summed E-state index contributed by atoms with van der Waals surface area (Å²) in [5.41, 5.74) is 0.237. The number of aromatic carboxylic acids is 1. The molecule has 17 heavy (non-hydrogen) atoms. The van der Waals surface area contributed by atoms with E-state index in [0.717, 1.165) is 12.1 Å². The lowest BCUT2D eigenvalue weighted by Gasteiger charge is -2.05. The quantitative estimate of drug-likeness (QED) is 0.865. The van der Waals surface area contributed by atoms with Gasteiger partial charge in [-0.1, -0.05) is 18.2 Å². The molecule has 0 aromatic heterocycles. The molecule has 2 aromatic rings. The van der Waals surface area contributed by atoms with Crippen LogP contribution >= 0.6 is 0 Å². The van der Waals surface area contributed by atoms with Crippen molar-refractivity contribution in [1.29, 1.82) is 0 Å². The highest BCUT2D eigenvalue weighted by Gasteiger charge is 2.11. The number of carboxylic acids is 1. The molecular weight excluding hydrogens is 226 g/mol. The van der Waals surface area contributed by atoms with Gasteiger partial charge in [0.1, 0.15) is 11.6 Å². The van der Waals surface area contributed by atoms with Crippen LogP contribution in [0.4, 0.5) is 8.78 Å². The Hall–Kier alpha value is -2.23. The summed E-state index contributed by atoms with van der Waals surface area (Å²) in [6.07, 6.45) is 0. The first kappa shape index (κ1) is 11.3. The van der Waals surface area contributed by atoms with Gasteiger partial charge in [0.05, 0.1) is 11.1 Å². The van der Waals surface area contributed by atoms with Crippen LogP contribution in [0.5, 0.6) is 0 Å². The molecule has 0 radical (unpaired) electrons. The Morgan fingerprint density at radius 1 is 0.941 bits per heavy atom. The average molecular weight is 234 g/mol. The van der Waals surface area contributed by atoms with E-state index < -0.39 is 17.6 Å². The summed E-state index contributed by atoms with van der Waals surface area (Å²) >= 11 is 0. The Labute approximate surface area is 96.1 Å². The summed E-state index contributed by atoms with van der Waals surface area (Å²) in [6, 6.07) is 8.97. The van der Waals surface area contributed by atoms with Crippen LogP contribution in [0.25, 0.3) is 11.1 Å². The van der Waals surface area contributed by atoms with E-state index in [2.05, 4.69) is 0 Å². The number of rotatable bonds is 2. The Balaban J connectivity index is 2.50. The standard InChI is InChI=1S/C13H8F2O2/c14-10-2-1-3-11(15)12(10)8-4-6-9(7-5-8)13(16)17/h1-7H,(H,16,17). The van der Waals surface area contributed by atoms with Gasteiger partial charge in [0.2, 0.25) is 0 Å². The second-order valence-corrected chi connectivity index (χ2v) is 3.48. The van der Waals surface area contributed by atoms with E-state index in [1.54, 1.807) is 0 Å². The van der Waals surface area contributed by atoms with Gasteiger partial charge in [0, 0.05) is 0 Å². The van der Waals surface area contributed by atoms with E-state index in [9.17, 15) is 13.6 Å². The first-order valence-corrected chi connectivity index (χ1v) is 4.87. The fourth-order valence-electron chi connectivity index (χ4n) is 1.55. The summed E-state index contributed by atoms with van der Waals surface area (Å²) < 4.78 is 26.9. The topological polar surface area (TPSA) is 37.3 Å². The van der Waals surface area contributed by atoms with Gasteiger partial charge in [-0.15, -0.1) is 0 Å². The molecule has 86 valence electrons. The molecule has 0 aliphatic rings. The van der Waals surface area contributed by atoms with Gasteiger partial charge in [0.25, 0.3) is 0 Å². The van der Waals surface area contributed by atoms with Crippen LogP contribution in [0.1, 0.15) is 10.4 Å². The van der Waals surface area contributed by atoms with Gasteiger partial charge in [-0.25, -0.2) is 13.6 Å². The van der Waals surface area contributed by atoms with Gasteiger partial charge in [-0.3, -0.25) is 0 Å². The molecule has 2 aromatic carbocycles. The lowest BCUT2D eigenvalue weighted by Crippen LogP contribution is -1.96. The largest absolute Gasteiger partial charge is 0.478 e. The summed E-state index contributed by atoms with van der Waals surface area (Å²) in [6.45, 7) is 0. The molecule has 0 aliphatic carbocycles. The fraction of sp³-hybridized carbons (Fsp3) is 0. The number of halogens is 2. The molecule has 0 unspecified atom stereocenters. The normalized spacial score (nSPS) is 10.2. The zero-order valence-corrected chi connectivity index (χ0v) is 8.65. The van der Waals surface area contributed by atoms with E-state index in [-0.39, 0.29) is 11.1 Å². The predicted octanol–water partition coefficient (Wildman–Crippen LogP) is 3.33. The van der Waals surface area contributed by atoms with E-state index in [4.69, 9.17) is 5.11 Å². The molecule has 0 saturated carbocycles. The van der Waals surface area contributed by atoms with Crippen molar-refractivity contribution in [2.45, 2.75) is 0 Å². The summed E-state index contributed by atoms with van der Waals surface area (Å²) in [5, 5.41) is 8.71. The van der Waals surface area contributed by atoms with Crippen molar-refractivity contribution in [1.82, 2.24) is 0 Å². The van der Waals surface area contributed by atoms with Crippen LogP contribution in [-0.2, 0) is 0 Å². The van der Waals surface area contributed by atoms with Crippen LogP contribution in [0, 0.1) is 11.6 Å². The molecular formula is C13H8F2O2. The highest BCUT2D eigenvalue weighted by atomic mass is 19.1. The van der Waals surface area contributed by atoms with Crippen LogP contribution in [0.15, 0.2) is 42.5 Å². The number of hydrogen-bond donors (Lipinski definition) is 1. The van der Waals surface area contributed by atoms with E-state index in [0.29, 0.717) is 5.56 Å². The third-order valence-corrected chi connectivity index (χ3v) is 2.38. The van der Waals surface area contributed by atoms with Crippen LogP contribution in [0.3, 0.4) is 0 Å². The average Bonchev–Trinajstić information content (AvgIpc) is 2.29. The smallest absolute Gasteiger partial charge is 0.335 e. The van der Waals surface area contributed by atoms with Gasteiger partial charge in [0.15, 0.2) is 0 Å². The molecule has 0 fully saturated rings. The summed E-state index contributed by atoms with van der Waals surface area (Å²) in [7, 11) is 0. The third-order valence-electron chi connectivity index (χ3n) is 2.38.